The van der Waals surface area contributed by atoms with Gasteiger partial charge >= 0.3 is 0 Å². The molecule has 112 valence electrons. The summed E-state index contributed by atoms with van der Waals surface area (Å²) < 4.78 is 11.1. The Kier molecular flexibility index (Phi) is 4.33. The second kappa shape index (κ2) is 6.20. The molecule has 0 bridgehead atoms. The minimum Gasteiger partial charge on any atom is -0.377 e. The van der Waals surface area contributed by atoms with E-state index >= 15 is 0 Å². The molecule has 3 unspecified atom stereocenters. The van der Waals surface area contributed by atoms with Gasteiger partial charge in [0.25, 0.3) is 0 Å². The Bertz CT molecular complexity index is 431. The Labute approximate surface area is 119 Å². The smallest absolute Gasteiger partial charge is 0.232 e. The van der Waals surface area contributed by atoms with Gasteiger partial charge in [0.1, 0.15) is 0 Å². The summed E-state index contributed by atoms with van der Waals surface area (Å²) in [5.41, 5.74) is 6.20. The molecule has 1 aromatic rings. The monoisotopic (exact) mass is 280 g/mol. The van der Waals surface area contributed by atoms with E-state index in [2.05, 4.69) is 22.0 Å². The Morgan fingerprint density at radius 3 is 2.95 bits per heavy atom. The van der Waals surface area contributed by atoms with Gasteiger partial charge in [-0.15, -0.1) is 0 Å². The van der Waals surface area contributed by atoms with Crippen LogP contribution in [-0.4, -0.2) is 47.4 Å². The Morgan fingerprint density at radius 2 is 2.20 bits per heavy atom. The molecule has 0 radical (unpaired) electrons. The molecule has 3 atom stereocenters. The fraction of sp³-hybridized carbons (Fsp3) is 0.857. The van der Waals surface area contributed by atoms with E-state index in [1.165, 1.54) is 12.8 Å². The van der Waals surface area contributed by atoms with Crippen molar-refractivity contribution in [1.29, 1.82) is 0 Å². The van der Waals surface area contributed by atoms with E-state index in [0.29, 0.717) is 11.7 Å². The van der Waals surface area contributed by atoms with E-state index in [-0.39, 0.29) is 18.1 Å². The van der Waals surface area contributed by atoms with Crippen LogP contribution in [-0.2, 0) is 4.74 Å². The van der Waals surface area contributed by atoms with Gasteiger partial charge < -0.3 is 19.9 Å². The predicted molar refractivity (Wildman–Crippen MR) is 74.3 cm³/mol. The molecule has 2 N–H and O–H groups in total. The van der Waals surface area contributed by atoms with Crippen molar-refractivity contribution >= 4 is 0 Å². The number of hydrogen-bond donors (Lipinski definition) is 1. The van der Waals surface area contributed by atoms with Gasteiger partial charge in [-0.25, -0.2) is 0 Å². The fourth-order valence-electron chi connectivity index (χ4n) is 3.21. The van der Waals surface area contributed by atoms with Crippen LogP contribution in [0.25, 0.3) is 0 Å². The molecule has 0 aromatic carbocycles. The average Bonchev–Trinajstić information content (AvgIpc) is 3.19. The van der Waals surface area contributed by atoms with Crippen LogP contribution in [0.2, 0.25) is 0 Å². The van der Waals surface area contributed by atoms with E-state index in [9.17, 15) is 0 Å². The van der Waals surface area contributed by atoms with E-state index in [1.54, 1.807) is 0 Å². The summed E-state index contributed by atoms with van der Waals surface area (Å²) in [5.74, 6) is 1.56. The van der Waals surface area contributed by atoms with Crippen molar-refractivity contribution in [1.82, 2.24) is 15.0 Å². The molecule has 0 aliphatic carbocycles. The third-order valence-electron chi connectivity index (χ3n) is 4.37. The van der Waals surface area contributed by atoms with E-state index in [0.717, 1.165) is 39.1 Å². The van der Waals surface area contributed by atoms with Crippen molar-refractivity contribution in [3.05, 3.63) is 11.7 Å². The first-order valence-corrected chi connectivity index (χ1v) is 7.71. The molecular weight excluding hydrogens is 256 g/mol. The lowest BCUT2D eigenvalue weighted by atomic mass is 10.00. The van der Waals surface area contributed by atoms with E-state index in [4.69, 9.17) is 15.0 Å². The molecule has 0 saturated carbocycles. The van der Waals surface area contributed by atoms with E-state index < -0.39 is 0 Å². The molecule has 3 heterocycles. The van der Waals surface area contributed by atoms with Crippen LogP contribution in [0.15, 0.2) is 4.52 Å². The number of nitrogens with zero attached hydrogens (tertiary/aromatic N) is 3. The van der Waals surface area contributed by atoms with Crippen LogP contribution in [0.1, 0.15) is 56.3 Å². The first-order valence-electron chi connectivity index (χ1n) is 7.71. The van der Waals surface area contributed by atoms with Gasteiger partial charge in [-0.05, 0) is 38.8 Å². The van der Waals surface area contributed by atoms with Gasteiger partial charge in [0.05, 0.1) is 18.1 Å². The molecule has 0 spiro atoms. The van der Waals surface area contributed by atoms with Gasteiger partial charge in [-0.3, -0.25) is 0 Å². The van der Waals surface area contributed by atoms with Gasteiger partial charge in [-0.2, -0.15) is 4.98 Å². The number of likely N-dealkylation sites (tertiary alicyclic amines) is 1. The average molecular weight is 280 g/mol. The zero-order chi connectivity index (χ0) is 13.9. The molecule has 0 amide bonds. The van der Waals surface area contributed by atoms with Crippen molar-refractivity contribution in [3.63, 3.8) is 0 Å². The fourth-order valence-corrected chi connectivity index (χ4v) is 3.21. The molecule has 6 nitrogen and oxygen atoms in total. The summed E-state index contributed by atoms with van der Waals surface area (Å²) in [6.45, 7) is 5.98. The number of hydrogen-bond acceptors (Lipinski definition) is 6. The van der Waals surface area contributed by atoms with Crippen molar-refractivity contribution in [2.75, 3.05) is 26.2 Å². The molecule has 1 aromatic heterocycles. The van der Waals surface area contributed by atoms with Crippen LogP contribution in [0.4, 0.5) is 0 Å². The standard InChI is InChI=1S/C14H24N4O2/c1-2-12-10(5-8-19-12)14-16-13(17-20-14)11(15)9-18-6-3-4-7-18/h10-12H,2-9,15H2,1H3. The Balaban J connectivity index is 1.63. The van der Waals surface area contributed by atoms with Crippen LogP contribution >= 0.6 is 0 Å². The molecule has 2 aliphatic rings. The van der Waals surface area contributed by atoms with Gasteiger partial charge in [0.15, 0.2) is 5.82 Å². The summed E-state index contributed by atoms with van der Waals surface area (Å²) in [6.07, 6.45) is 4.67. The van der Waals surface area contributed by atoms with Crippen LogP contribution in [0, 0.1) is 0 Å². The van der Waals surface area contributed by atoms with Crippen LogP contribution in [0.5, 0.6) is 0 Å². The third kappa shape index (κ3) is 2.87. The topological polar surface area (TPSA) is 77.4 Å². The van der Waals surface area contributed by atoms with Crippen molar-refractivity contribution in [2.24, 2.45) is 5.73 Å². The lowest BCUT2D eigenvalue weighted by Gasteiger charge is -2.17. The molecule has 2 aliphatic heterocycles. The highest BCUT2D eigenvalue weighted by Crippen LogP contribution is 2.32. The maximum absolute atomic E-state index is 6.20. The molecule has 6 heteroatoms. The lowest BCUT2D eigenvalue weighted by Crippen LogP contribution is -2.30. The number of rotatable bonds is 5. The first kappa shape index (κ1) is 14.0. The summed E-state index contributed by atoms with van der Waals surface area (Å²) >= 11 is 0. The second-order valence-corrected chi connectivity index (χ2v) is 5.82. The zero-order valence-electron chi connectivity index (χ0n) is 12.1. The quantitative estimate of drug-likeness (QED) is 0.879. The minimum absolute atomic E-state index is 0.159. The molecule has 3 rings (SSSR count). The van der Waals surface area contributed by atoms with Crippen LogP contribution < -0.4 is 5.73 Å². The number of nitrogens with two attached hydrogens (primary N) is 1. The van der Waals surface area contributed by atoms with Gasteiger partial charge in [0.2, 0.25) is 5.89 Å². The van der Waals surface area contributed by atoms with Crippen LogP contribution in [0.3, 0.4) is 0 Å². The van der Waals surface area contributed by atoms with Gasteiger partial charge in [0, 0.05) is 13.2 Å². The molecular formula is C14H24N4O2. The predicted octanol–water partition coefficient (Wildman–Crippen LogP) is 1.45. The Morgan fingerprint density at radius 1 is 1.40 bits per heavy atom. The van der Waals surface area contributed by atoms with E-state index in [1.807, 2.05) is 0 Å². The first-order chi connectivity index (χ1) is 9.78. The minimum atomic E-state index is -0.159. The number of ether oxygens (including phenoxy) is 1. The van der Waals surface area contributed by atoms with Gasteiger partial charge in [-0.1, -0.05) is 12.1 Å². The van der Waals surface area contributed by atoms with Crippen molar-refractivity contribution in [2.45, 2.75) is 50.7 Å². The normalized spacial score (nSPS) is 29.1. The molecule has 2 saturated heterocycles. The number of aromatic nitrogens is 2. The maximum atomic E-state index is 6.20. The maximum Gasteiger partial charge on any atom is 0.232 e. The zero-order valence-corrected chi connectivity index (χ0v) is 12.1. The highest BCUT2D eigenvalue weighted by molar-refractivity contribution is 5.02. The highest BCUT2D eigenvalue weighted by Gasteiger charge is 2.33. The summed E-state index contributed by atoms with van der Waals surface area (Å²) in [7, 11) is 0. The molecule has 20 heavy (non-hydrogen) atoms. The summed E-state index contributed by atoms with van der Waals surface area (Å²) in [4.78, 5) is 6.89. The lowest BCUT2D eigenvalue weighted by molar-refractivity contribution is 0.0953. The van der Waals surface area contributed by atoms with Crippen molar-refractivity contribution in [3.8, 4) is 0 Å². The van der Waals surface area contributed by atoms with Crippen molar-refractivity contribution < 1.29 is 9.26 Å². The third-order valence-corrected chi connectivity index (χ3v) is 4.37. The SMILES string of the molecule is CCC1OCCC1c1nc(C(N)CN2CCCC2)no1. The highest BCUT2D eigenvalue weighted by atomic mass is 16.5. The Hall–Kier alpha value is -0.980. The second-order valence-electron chi connectivity index (χ2n) is 5.82. The summed E-state index contributed by atoms with van der Waals surface area (Å²) in [6, 6.07) is -0.159. The molecule has 2 fully saturated rings. The largest absolute Gasteiger partial charge is 0.377 e. The summed E-state index contributed by atoms with van der Waals surface area (Å²) in [5, 5.41) is 4.08.